The van der Waals surface area contributed by atoms with E-state index in [0.717, 1.165) is 12.1 Å². The number of hydrogen-bond donors (Lipinski definition) is 1. The summed E-state index contributed by atoms with van der Waals surface area (Å²) in [6.07, 6.45) is -3.11. The Labute approximate surface area is 118 Å². The first-order valence-corrected chi connectivity index (χ1v) is 5.94. The molecule has 0 aliphatic heterocycles. The van der Waals surface area contributed by atoms with Crippen LogP contribution >= 0.6 is 11.6 Å². The predicted molar refractivity (Wildman–Crippen MR) is 71.8 cm³/mol. The Kier molecular flexibility index (Phi) is 3.99. The molecule has 0 aromatic heterocycles. The summed E-state index contributed by atoms with van der Waals surface area (Å²) in [4.78, 5) is 3.96. The highest BCUT2D eigenvalue weighted by Gasteiger charge is 2.33. The monoisotopic (exact) mass is 299 g/mol. The molecule has 2 aromatic rings. The summed E-state index contributed by atoms with van der Waals surface area (Å²) in [5, 5.41) is 8.75. The van der Waals surface area contributed by atoms with Crippen molar-refractivity contribution in [2.24, 2.45) is 4.99 Å². The van der Waals surface area contributed by atoms with E-state index in [2.05, 4.69) is 4.99 Å². The van der Waals surface area contributed by atoms with Gasteiger partial charge in [-0.3, -0.25) is 4.99 Å². The SMILES string of the molecule is Oc1ccc(C=Nc2ccc(Cl)c(C(F)(F)F)c2)cc1. The second-order valence-corrected chi connectivity index (χ2v) is 4.42. The van der Waals surface area contributed by atoms with Gasteiger partial charge < -0.3 is 5.11 Å². The molecule has 0 aliphatic carbocycles. The Balaban J connectivity index is 2.28. The molecular weight excluding hydrogens is 291 g/mol. The molecule has 1 N–H and O–H groups in total. The number of alkyl halides is 3. The molecule has 2 aromatic carbocycles. The van der Waals surface area contributed by atoms with E-state index in [0.29, 0.717) is 5.56 Å². The zero-order valence-electron chi connectivity index (χ0n) is 10.0. The maximum Gasteiger partial charge on any atom is 0.417 e. The molecule has 0 bridgehead atoms. The van der Waals surface area contributed by atoms with Crippen LogP contribution in [0.5, 0.6) is 5.75 Å². The number of benzene rings is 2. The zero-order chi connectivity index (χ0) is 14.8. The van der Waals surface area contributed by atoms with E-state index in [1.807, 2.05) is 0 Å². The minimum atomic E-state index is -4.51. The minimum Gasteiger partial charge on any atom is -0.508 e. The van der Waals surface area contributed by atoms with E-state index in [-0.39, 0.29) is 16.5 Å². The van der Waals surface area contributed by atoms with E-state index in [1.165, 1.54) is 24.4 Å². The number of phenols is 1. The Morgan fingerprint density at radius 2 is 1.70 bits per heavy atom. The van der Waals surface area contributed by atoms with Gasteiger partial charge in [-0.25, -0.2) is 0 Å². The summed E-state index contributed by atoms with van der Waals surface area (Å²) in [5.41, 5.74) is -0.111. The maximum atomic E-state index is 12.7. The fourth-order valence-electron chi connectivity index (χ4n) is 1.52. The molecule has 0 amide bonds. The second kappa shape index (κ2) is 5.54. The van der Waals surface area contributed by atoms with Crippen molar-refractivity contribution in [3.63, 3.8) is 0 Å². The fourth-order valence-corrected chi connectivity index (χ4v) is 1.74. The summed E-state index contributed by atoms with van der Waals surface area (Å²) in [5.74, 6) is 0.105. The van der Waals surface area contributed by atoms with Gasteiger partial charge in [0.25, 0.3) is 0 Å². The van der Waals surface area contributed by atoms with Gasteiger partial charge in [-0.15, -0.1) is 0 Å². The van der Waals surface area contributed by atoms with Crippen LogP contribution in [-0.2, 0) is 6.18 Å². The largest absolute Gasteiger partial charge is 0.508 e. The van der Waals surface area contributed by atoms with Crippen LogP contribution in [-0.4, -0.2) is 11.3 Å². The Morgan fingerprint density at radius 1 is 1.05 bits per heavy atom. The van der Waals surface area contributed by atoms with Crippen LogP contribution in [0.4, 0.5) is 18.9 Å². The molecule has 20 heavy (non-hydrogen) atoms. The first-order chi connectivity index (χ1) is 9.36. The molecule has 0 unspecified atom stereocenters. The van der Waals surface area contributed by atoms with Crippen LogP contribution in [0.15, 0.2) is 47.5 Å². The van der Waals surface area contributed by atoms with Gasteiger partial charge in [0.1, 0.15) is 5.75 Å². The van der Waals surface area contributed by atoms with E-state index in [9.17, 15) is 13.2 Å². The molecule has 0 radical (unpaired) electrons. The molecule has 2 nitrogen and oxygen atoms in total. The topological polar surface area (TPSA) is 32.6 Å². The Morgan fingerprint density at radius 3 is 2.30 bits per heavy atom. The number of aromatic hydroxyl groups is 1. The van der Waals surface area contributed by atoms with Gasteiger partial charge in [-0.1, -0.05) is 11.6 Å². The van der Waals surface area contributed by atoms with Gasteiger partial charge in [0, 0.05) is 6.21 Å². The summed E-state index contributed by atoms with van der Waals surface area (Å²) >= 11 is 5.52. The molecule has 0 fully saturated rings. The molecule has 0 saturated heterocycles. The van der Waals surface area contributed by atoms with Gasteiger partial charge in [0.15, 0.2) is 0 Å². The van der Waals surface area contributed by atoms with Crippen LogP contribution in [0.2, 0.25) is 5.02 Å². The number of nitrogens with zero attached hydrogens (tertiary/aromatic N) is 1. The first kappa shape index (κ1) is 14.4. The smallest absolute Gasteiger partial charge is 0.417 e. The number of rotatable bonds is 2. The van der Waals surface area contributed by atoms with Gasteiger partial charge in [0.2, 0.25) is 0 Å². The van der Waals surface area contributed by atoms with E-state index in [4.69, 9.17) is 16.7 Å². The van der Waals surface area contributed by atoms with Crippen molar-refractivity contribution >= 4 is 23.5 Å². The average molecular weight is 300 g/mol. The lowest BCUT2D eigenvalue weighted by molar-refractivity contribution is -0.137. The number of hydrogen-bond acceptors (Lipinski definition) is 2. The predicted octanol–water partition coefficient (Wildman–Crippen LogP) is 4.82. The minimum absolute atomic E-state index is 0.105. The van der Waals surface area contributed by atoms with Gasteiger partial charge >= 0.3 is 6.18 Å². The van der Waals surface area contributed by atoms with E-state index in [1.54, 1.807) is 12.1 Å². The molecule has 0 saturated carbocycles. The highest BCUT2D eigenvalue weighted by atomic mass is 35.5. The second-order valence-electron chi connectivity index (χ2n) is 4.01. The fraction of sp³-hybridized carbons (Fsp3) is 0.0714. The highest BCUT2D eigenvalue weighted by molar-refractivity contribution is 6.31. The zero-order valence-corrected chi connectivity index (χ0v) is 10.8. The van der Waals surface area contributed by atoms with Crippen molar-refractivity contribution in [3.8, 4) is 5.75 Å². The van der Waals surface area contributed by atoms with Crippen LogP contribution in [0.25, 0.3) is 0 Å². The Bertz CT molecular complexity index is 636. The first-order valence-electron chi connectivity index (χ1n) is 5.56. The molecule has 0 spiro atoms. The summed E-state index contributed by atoms with van der Waals surface area (Å²) in [7, 11) is 0. The van der Waals surface area contributed by atoms with Crippen LogP contribution in [0, 0.1) is 0 Å². The molecule has 0 aliphatic rings. The standard InChI is InChI=1S/C14H9ClF3NO/c15-13-6-3-10(7-12(13)14(16,17)18)19-8-9-1-4-11(20)5-2-9/h1-8,20H. The number of halogens is 4. The van der Waals surface area contributed by atoms with Gasteiger partial charge in [0.05, 0.1) is 16.3 Å². The lowest BCUT2D eigenvalue weighted by Crippen LogP contribution is -2.05. The molecule has 104 valence electrons. The molecule has 0 atom stereocenters. The van der Waals surface area contributed by atoms with E-state index < -0.39 is 11.7 Å². The number of phenolic OH excluding ortho intramolecular Hbond substituents is 1. The summed E-state index contributed by atoms with van der Waals surface area (Å²) in [6.45, 7) is 0. The van der Waals surface area contributed by atoms with Crippen molar-refractivity contribution in [2.45, 2.75) is 6.18 Å². The van der Waals surface area contributed by atoms with Crippen LogP contribution in [0.1, 0.15) is 11.1 Å². The third kappa shape index (κ3) is 3.51. The Hall–Kier alpha value is -2.01. The summed E-state index contributed by atoms with van der Waals surface area (Å²) in [6, 6.07) is 9.56. The van der Waals surface area contributed by atoms with E-state index >= 15 is 0 Å². The van der Waals surface area contributed by atoms with Gasteiger partial charge in [-0.05, 0) is 48.0 Å². The quantitative estimate of drug-likeness (QED) is 0.793. The molecule has 0 heterocycles. The third-order valence-electron chi connectivity index (χ3n) is 2.51. The molecule has 6 heteroatoms. The van der Waals surface area contributed by atoms with Crippen molar-refractivity contribution in [1.82, 2.24) is 0 Å². The van der Waals surface area contributed by atoms with Crippen molar-refractivity contribution in [1.29, 1.82) is 0 Å². The van der Waals surface area contributed by atoms with Crippen molar-refractivity contribution in [3.05, 3.63) is 58.6 Å². The lowest BCUT2D eigenvalue weighted by atomic mass is 10.2. The molecular formula is C14H9ClF3NO. The van der Waals surface area contributed by atoms with Crippen molar-refractivity contribution < 1.29 is 18.3 Å². The maximum absolute atomic E-state index is 12.7. The summed E-state index contributed by atoms with van der Waals surface area (Å²) < 4.78 is 38.0. The molecule has 2 rings (SSSR count). The lowest BCUT2D eigenvalue weighted by Gasteiger charge is -2.09. The van der Waals surface area contributed by atoms with Crippen molar-refractivity contribution in [2.75, 3.05) is 0 Å². The average Bonchev–Trinajstić information content (AvgIpc) is 2.38. The third-order valence-corrected chi connectivity index (χ3v) is 2.84. The van der Waals surface area contributed by atoms with Crippen LogP contribution in [0.3, 0.4) is 0 Å². The van der Waals surface area contributed by atoms with Gasteiger partial charge in [-0.2, -0.15) is 13.2 Å². The normalized spacial score (nSPS) is 12.0. The van der Waals surface area contributed by atoms with Crippen LogP contribution < -0.4 is 0 Å². The highest BCUT2D eigenvalue weighted by Crippen LogP contribution is 2.36. The number of aliphatic imine (C=N–C) groups is 1.